The highest BCUT2D eigenvalue weighted by atomic mass is 16.5. The van der Waals surface area contributed by atoms with E-state index >= 15 is 0 Å². The molecule has 0 saturated heterocycles. The molecule has 0 aromatic carbocycles. The van der Waals surface area contributed by atoms with Gasteiger partial charge in [-0.3, -0.25) is 4.79 Å². The number of methoxy groups -OCH3 is 1. The molecule has 0 spiro atoms. The number of aromatic nitrogens is 2. The van der Waals surface area contributed by atoms with Gasteiger partial charge in [0, 0.05) is 23.5 Å². The van der Waals surface area contributed by atoms with Gasteiger partial charge in [-0.25, -0.2) is 14.3 Å². The van der Waals surface area contributed by atoms with E-state index in [1.807, 2.05) is 13.8 Å². The Bertz CT molecular complexity index is 1020. The molecule has 0 aliphatic heterocycles. The predicted octanol–water partition coefficient (Wildman–Crippen LogP) is 3.46. The summed E-state index contributed by atoms with van der Waals surface area (Å²) in [5, 5.41) is 10.6. The second-order valence-corrected chi connectivity index (χ2v) is 12.6. The van der Waals surface area contributed by atoms with Gasteiger partial charge in [0.15, 0.2) is 0 Å². The summed E-state index contributed by atoms with van der Waals surface area (Å²) in [5.74, 6) is 1.84. The number of rotatable bonds is 11. The number of nitrogens with one attached hydrogen (secondary N) is 2. The molecule has 11 nitrogen and oxygen atoms in total. The Balaban J connectivity index is 1.46. The van der Waals surface area contributed by atoms with E-state index in [0.717, 1.165) is 32.1 Å². The van der Waals surface area contributed by atoms with Crippen LogP contribution in [0.25, 0.3) is 0 Å². The molecule has 2 atom stereocenters. The lowest BCUT2D eigenvalue weighted by molar-refractivity contribution is -0.0977. The first kappa shape index (κ1) is 28.0. The average molecular weight is 534 g/mol. The van der Waals surface area contributed by atoms with E-state index in [0.29, 0.717) is 55.4 Å². The number of carbonyl (C=O) groups excluding carboxylic acids is 3. The van der Waals surface area contributed by atoms with E-state index in [1.165, 1.54) is 7.11 Å². The van der Waals surface area contributed by atoms with Gasteiger partial charge in [0.2, 0.25) is 5.88 Å². The van der Waals surface area contributed by atoms with Gasteiger partial charge in [0.05, 0.1) is 26.5 Å². The molecule has 1 heterocycles. The monoisotopic (exact) mass is 533 g/mol. The zero-order valence-corrected chi connectivity index (χ0v) is 23.2. The third kappa shape index (κ3) is 6.35. The summed E-state index contributed by atoms with van der Waals surface area (Å²) in [6.45, 7) is 9.19. The second-order valence-electron chi connectivity index (χ2n) is 12.6. The van der Waals surface area contributed by atoms with E-state index in [1.54, 1.807) is 10.9 Å². The van der Waals surface area contributed by atoms with Gasteiger partial charge in [0.1, 0.15) is 5.56 Å². The Morgan fingerprint density at radius 1 is 1.21 bits per heavy atom. The largest absolute Gasteiger partial charge is 0.477 e. The fourth-order valence-electron chi connectivity index (χ4n) is 6.92. The summed E-state index contributed by atoms with van der Waals surface area (Å²) in [6.07, 6.45) is 6.00. The highest BCUT2D eigenvalue weighted by Crippen LogP contribution is 2.60. The van der Waals surface area contributed by atoms with Gasteiger partial charge >= 0.3 is 12.2 Å². The lowest BCUT2D eigenvalue weighted by atomic mass is 9.48. The molecule has 38 heavy (non-hydrogen) atoms. The fraction of sp³-hybridized carbons (Fsp3) is 0.778. The third-order valence-electron chi connectivity index (χ3n) is 8.38. The molecule has 2 unspecified atom stereocenters. The number of aryl methyl sites for hydroxylation is 1. The predicted molar refractivity (Wildman–Crippen MR) is 140 cm³/mol. The standard InChI is InChI=1S/C27H43N5O6/c1-16(2)14-37-23-20(13-29-32(23)7-6-26(3,4)31-25(35)36-5)22(33)30-21-18-8-17-9-19(21)12-27(10-17,11-18)15-38-24(28)34/h13,16-19,21H,6-12,14-15H2,1-5H3,(H2,28,34)(H,30,33)(H,31,35)/t17?,18?,19?,21-,27-. The Labute approximate surface area is 224 Å². The molecule has 212 valence electrons. The second kappa shape index (κ2) is 11.0. The maximum atomic E-state index is 13.6. The van der Waals surface area contributed by atoms with E-state index in [2.05, 4.69) is 29.6 Å². The maximum absolute atomic E-state index is 13.6. The van der Waals surface area contributed by atoms with Crippen LogP contribution in [0.5, 0.6) is 5.88 Å². The van der Waals surface area contributed by atoms with E-state index < -0.39 is 17.7 Å². The summed E-state index contributed by atoms with van der Waals surface area (Å²) in [6, 6.07) is 0.0743. The van der Waals surface area contributed by atoms with Crippen molar-refractivity contribution in [3.8, 4) is 5.88 Å². The lowest BCUT2D eigenvalue weighted by Gasteiger charge is -2.59. The van der Waals surface area contributed by atoms with Crippen LogP contribution in [-0.2, 0) is 16.0 Å². The molecule has 0 radical (unpaired) electrons. The summed E-state index contributed by atoms with van der Waals surface area (Å²) in [4.78, 5) is 36.5. The highest BCUT2D eigenvalue weighted by Gasteiger charge is 2.56. The van der Waals surface area contributed by atoms with Crippen molar-refractivity contribution in [3.63, 3.8) is 0 Å². The fourth-order valence-corrected chi connectivity index (χ4v) is 6.92. The van der Waals surface area contributed by atoms with E-state index in [-0.39, 0.29) is 23.3 Å². The Morgan fingerprint density at radius 3 is 2.50 bits per heavy atom. The van der Waals surface area contributed by atoms with Gasteiger partial charge in [-0.15, -0.1) is 0 Å². The van der Waals surface area contributed by atoms with Gasteiger partial charge in [0.25, 0.3) is 5.91 Å². The van der Waals surface area contributed by atoms with Crippen molar-refractivity contribution in [2.75, 3.05) is 20.3 Å². The van der Waals surface area contributed by atoms with Crippen LogP contribution < -0.4 is 21.1 Å². The number of ether oxygens (including phenoxy) is 3. The molecule has 5 rings (SSSR count). The zero-order chi connectivity index (χ0) is 27.7. The van der Waals surface area contributed by atoms with Gasteiger partial charge < -0.3 is 30.6 Å². The first-order valence-corrected chi connectivity index (χ1v) is 13.7. The maximum Gasteiger partial charge on any atom is 0.407 e. The smallest absolute Gasteiger partial charge is 0.407 e. The first-order valence-electron chi connectivity index (χ1n) is 13.7. The van der Waals surface area contributed by atoms with E-state index in [9.17, 15) is 14.4 Å². The van der Waals surface area contributed by atoms with Crippen molar-refractivity contribution >= 4 is 18.1 Å². The molecule has 4 N–H and O–H groups in total. The molecule has 4 saturated carbocycles. The first-order chi connectivity index (χ1) is 17.9. The minimum absolute atomic E-state index is 0.0196. The lowest BCUT2D eigenvalue weighted by Crippen LogP contribution is -2.60. The quantitative estimate of drug-likeness (QED) is 0.395. The van der Waals surface area contributed by atoms with E-state index in [4.69, 9.17) is 19.9 Å². The van der Waals surface area contributed by atoms with Crippen molar-refractivity contribution in [1.29, 1.82) is 0 Å². The normalized spacial score (nSPS) is 27.7. The van der Waals surface area contributed by atoms with Crippen molar-refractivity contribution in [2.24, 2.45) is 34.8 Å². The molecule has 1 aromatic rings. The molecule has 1 aromatic heterocycles. The van der Waals surface area contributed by atoms with Gasteiger partial charge in [-0.1, -0.05) is 13.8 Å². The zero-order valence-electron chi connectivity index (χ0n) is 23.2. The van der Waals surface area contributed by atoms with Crippen molar-refractivity contribution in [1.82, 2.24) is 20.4 Å². The molecule has 4 bridgehead atoms. The molecule has 4 aliphatic carbocycles. The Hall–Kier alpha value is -2.98. The van der Waals surface area contributed by atoms with Crippen molar-refractivity contribution in [2.45, 2.75) is 84.3 Å². The van der Waals surface area contributed by atoms with Crippen LogP contribution in [0.2, 0.25) is 0 Å². The summed E-state index contributed by atoms with van der Waals surface area (Å²) in [7, 11) is 1.33. The molecular formula is C27H43N5O6. The Morgan fingerprint density at radius 2 is 1.89 bits per heavy atom. The van der Waals surface area contributed by atoms with Crippen LogP contribution in [0.1, 0.15) is 76.6 Å². The number of amides is 3. The number of nitrogens with zero attached hydrogens (tertiary/aromatic N) is 2. The molecular weight excluding hydrogens is 490 g/mol. The third-order valence-corrected chi connectivity index (χ3v) is 8.38. The average Bonchev–Trinajstić information content (AvgIpc) is 3.24. The van der Waals surface area contributed by atoms with Crippen LogP contribution in [0, 0.1) is 29.1 Å². The molecule has 4 fully saturated rings. The minimum Gasteiger partial charge on any atom is -0.477 e. The minimum atomic E-state index is -0.721. The highest BCUT2D eigenvalue weighted by molar-refractivity contribution is 5.96. The summed E-state index contributed by atoms with van der Waals surface area (Å²) < 4.78 is 17.8. The molecule has 4 aliphatic rings. The number of nitrogens with two attached hydrogens (primary N) is 1. The number of hydrogen-bond donors (Lipinski definition) is 3. The van der Waals surface area contributed by atoms with Crippen molar-refractivity contribution < 1.29 is 28.6 Å². The molecule has 11 heteroatoms. The van der Waals surface area contributed by atoms with Crippen LogP contribution in [0.15, 0.2) is 6.20 Å². The Kier molecular flexibility index (Phi) is 8.13. The number of hydrogen-bond acceptors (Lipinski definition) is 7. The number of primary amides is 1. The molecule has 3 amide bonds. The van der Waals surface area contributed by atoms with Crippen LogP contribution in [0.4, 0.5) is 9.59 Å². The number of carbonyl (C=O) groups is 3. The van der Waals surface area contributed by atoms with Crippen molar-refractivity contribution in [3.05, 3.63) is 11.8 Å². The summed E-state index contributed by atoms with van der Waals surface area (Å²) in [5.41, 5.74) is 5.11. The van der Waals surface area contributed by atoms with Gasteiger partial charge in [-0.05, 0) is 76.0 Å². The number of alkyl carbamates (subject to hydrolysis) is 1. The summed E-state index contributed by atoms with van der Waals surface area (Å²) >= 11 is 0. The van der Waals surface area contributed by atoms with Crippen LogP contribution in [0.3, 0.4) is 0 Å². The van der Waals surface area contributed by atoms with Crippen LogP contribution in [-0.4, -0.2) is 59.8 Å². The topological polar surface area (TPSA) is 147 Å². The SMILES string of the molecule is COC(=O)NC(C)(C)CCn1ncc(C(=O)N[C@H]2C3CC4CC2C[C@](COC(N)=O)(C4)C3)c1OCC(C)C. The van der Waals surface area contributed by atoms with Crippen LogP contribution >= 0.6 is 0 Å². The van der Waals surface area contributed by atoms with Gasteiger partial charge in [-0.2, -0.15) is 5.10 Å².